The van der Waals surface area contributed by atoms with E-state index in [1.54, 1.807) is 7.11 Å². The first-order valence-electron chi connectivity index (χ1n) is 8.67. The lowest BCUT2D eigenvalue weighted by atomic mass is 10.0. The van der Waals surface area contributed by atoms with Crippen LogP contribution in [0.25, 0.3) is 10.8 Å². The molecule has 0 N–H and O–H groups in total. The third-order valence-corrected chi connectivity index (χ3v) is 4.62. The summed E-state index contributed by atoms with van der Waals surface area (Å²) < 4.78 is 7.43. The lowest BCUT2D eigenvalue weighted by molar-refractivity contribution is 0.175. The number of hydrogen-bond donors (Lipinski definition) is 0. The van der Waals surface area contributed by atoms with Gasteiger partial charge in [-0.15, -0.1) is 0 Å². The van der Waals surface area contributed by atoms with E-state index in [1.807, 2.05) is 18.7 Å². The number of hydrogen-bond acceptors (Lipinski definition) is 4. The van der Waals surface area contributed by atoms with Gasteiger partial charge in [0.25, 0.3) is 0 Å². The molecule has 1 aliphatic rings. The van der Waals surface area contributed by atoms with Gasteiger partial charge in [-0.05, 0) is 17.9 Å². The van der Waals surface area contributed by atoms with E-state index < -0.39 is 0 Å². The number of aryl methyl sites for hydroxylation is 1. The van der Waals surface area contributed by atoms with Gasteiger partial charge in [-0.1, -0.05) is 30.3 Å². The minimum absolute atomic E-state index is 0.691. The topological polar surface area (TPSA) is 42.6 Å². The highest BCUT2D eigenvalue weighted by Gasteiger charge is 2.22. The van der Waals surface area contributed by atoms with Gasteiger partial charge in [-0.3, -0.25) is 0 Å². The van der Waals surface area contributed by atoms with Crippen molar-refractivity contribution in [1.29, 1.82) is 0 Å². The fourth-order valence-electron chi connectivity index (χ4n) is 3.40. The summed E-state index contributed by atoms with van der Waals surface area (Å²) in [6, 6.07) is 12.8. The van der Waals surface area contributed by atoms with Crippen LogP contribution in [0.5, 0.6) is 0 Å². The van der Waals surface area contributed by atoms with E-state index in [0.29, 0.717) is 6.61 Å². The molecule has 0 amide bonds. The van der Waals surface area contributed by atoms with Gasteiger partial charge in [0, 0.05) is 50.1 Å². The van der Waals surface area contributed by atoms with E-state index in [-0.39, 0.29) is 0 Å². The molecule has 0 aliphatic carbocycles. The molecule has 0 radical (unpaired) electrons. The van der Waals surface area contributed by atoms with Crippen molar-refractivity contribution in [2.75, 3.05) is 26.8 Å². The first-order chi connectivity index (χ1) is 12.4. The molecule has 1 aromatic heterocycles. The number of benzene rings is 2. The number of aromatic nitrogens is 2. The number of ether oxygens (including phenoxy) is 1. The van der Waals surface area contributed by atoms with Crippen molar-refractivity contribution in [1.82, 2.24) is 14.5 Å². The van der Waals surface area contributed by atoms with E-state index in [9.17, 15) is 0 Å². The lowest BCUT2D eigenvalue weighted by Gasteiger charge is -2.25. The standard InChI is InChI=1S/C20H22N4O/c1-25-14-13-24(11-4-10-23-12-9-21-15-23)20-17-7-2-5-16-6-3-8-18(22-20)19(16)17/h2-3,5-9,12,15H,4,10-11,13-14H2,1H3. The normalized spacial score (nSPS) is 12.6. The summed E-state index contributed by atoms with van der Waals surface area (Å²) >= 11 is 0. The van der Waals surface area contributed by atoms with E-state index in [4.69, 9.17) is 9.73 Å². The molecule has 0 atom stereocenters. The lowest BCUT2D eigenvalue weighted by Crippen LogP contribution is -2.35. The van der Waals surface area contributed by atoms with Gasteiger partial charge >= 0.3 is 0 Å². The number of aliphatic imine (C=N–C) groups is 1. The molecule has 5 heteroatoms. The molecule has 0 bridgehead atoms. The summed E-state index contributed by atoms with van der Waals surface area (Å²) in [5.41, 5.74) is 2.30. The molecule has 4 rings (SSSR count). The van der Waals surface area contributed by atoms with Crippen LogP contribution in [0.4, 0.5) is 5.69 Å². The summed E-state index contributed by atoms with van der Waals surface area (Å²) in [5.74, 6) is 1.06. The highest BCUT2D eigenvalue weighted by molar-refractivity contribution is 6.18. The van der Waals surface area contributed by atoms with E-state index in [0.717, 1.165) is 37.6 Å². The molecular weight excluding hydrogens is 312 g/mol. The van der Waals surface area contributed by atoms with Crippen molar-refractivity contribution < 1.29 is 4.74 Å². The van der Waals surface area contributed by atoms with E-state index in [2.05, 4.69) is 50.8 Å². The van der Waals surface area contributed by atoms with Crippen molar-refractivity contribution in [3.63, 3.8) is 0 Å². The molecule has 0 fully saturated rings. The molecule has 0 saturated heterocycles. The molecule has 0 unspecified atom stereocenters. The number of amidine groups is 1. The maximum Gasteiger partial charge on any atom is 0.137 e. The van der Waals surface area contributed by atoms with Gasteiger partial charge in [0.05, 0.1) is 18.6 Å². The summed E-state index contributed by atoms with van der Waals surface area (Å²) in [5, 5.41) is 2.51. The van der Waals surface area contributed by atoms with Crippen molar-refractivity contribution in [3.05, 3.63) is 60.7 Å². The first kappa shape index (κ1) is 15.8. The molecule has 2 aromatic carbocycles. The Bertz CT molecular complexity index is 881. The van der Waals surface area contributed by atoms with Gasteiger partial charge in [0.2, 0.25) is 0 Å². The maximum absolute atomic E-state index is 5.32. The summed E-state index contributed by atoms with van der Waals surface area (Å²) in [6.07, 6.45) is 6.72. The quantitative estimate of drug-likeness (QED) is 0.664. The summed E-state index contributed by atoms with van der Waals surface area (Å²) in [4.78, 5) is 11.4. The Morgan fingerprint density at radius 2 is 2.00 bits per heavy atom. The third-order valence-electron chi connectivity index (χ3n) is 4.62. The molecular formula is C20H22N4O. The predicted octanol–water partition coefficient (Wildman–Crippen LogP) is 3.47. The largest absolute Gasteiger partial charge is 0.383 e. The smallest absolute Gasteiger partial charge is 0.137 e. The van der Waals surface area contributed by atoms with Crippen molar-refractivity contribution in [2.45, 2.75) is 13.0 Å². The minimum Gasteiger partial charge on any atom is -0.383 e. The van der Waals surface area contributed by atoms with Gasteiger partial charge < -0.3 is 14.2 Å². The third kappa shape index (κ3) is 3.15. The minimum atomic E-state index is 0.691. The van der Waals surface area contributed by atoms with Crippen LogP contribution in [0.1, 0.15) is 12.0 Å². The van der Waals surface area contributed by atoms with Crippen molar-refractivity contribution in [2.24, 2.45) is 4.99 Å². The Morgan fingerprint density at radius 1 is 1.12 bits per heavy atom. The second-order valence-corrected chi connectivity index (χ2v) is 6.25. The number of rotatable bonds is 7. The summed E-state index contributed by atoms with van der Waals surface area (Å²) in [6.45, 7) is 3.42. The molecule has 128 valence electrons. The zero-order valence-electron chi connectivity index (χ0n) is 14.4. The van der Waals surface area contributed by atoms with Crippen molar-refractivity contribution in [3.8, 4) is 0 Å². The zero-order valence-corrected chi connectivity index (χ0v) is 14.4. The molecule has 3 aromatic rings. The molecule has 2 heterocycles. The second-order valence-electron chi connectivity index (χ2n) is 6.25. The number of methoxy groups -OCH3 is 1. The van der Waals surface area contributed by atoms with E-state index in [1.165, 1.54) is 16.3 Å². The SMILES string of the molecule is COCCN(CCCn1ccnc1)C1=Nc2cccc3cccc1c23. The Hall–Kier alpha value is -2.66. The fraction of sp³-hybridized carbons (Fsp3) is 0.300. The van der Waals surface area contributed by atoms with Gasteiger partial charge in [-0.2, -0.15) is 0 Å². The van der Waals surface area contributed by atoms with Crippen LogP contribution in [0.3, 0.4) is 0 Å². The zero-order chi connectivity index (χ0) is 17.1. The molecule has 0 saturated carbocycles. The average molecular weight is 334 g/mol. The molecule has 0 spiro atoms. The Labute approximate surface area is 147 Å². The van der Waals surface area contributed by atoms with Crippen LogP contribution in [0.15, 0.2) is 60.1 Å². The van der Waals surface area contributed by atoms with Crippen molar-refractivity contribution >= 4 is 22.3 Å². The monoisotopic (exact) mass is 334 g/mol. The fourth-order valence-corrected chi connectivity index (χ4v) is 3.40. The van der Waals surface area contributed by atoms with Gasteiger partial charge in [0.1, 0.15) is 5.84 Å². The molecule has 1 aliphatic heterocycles. The van der Waals surface area contributed by atoms with Gasteiger partial charge in [0.15, 0.2) is 0 Å². The van der Waals surface area contributed by atoms with E-state index >= 15 is 0 Å². The number of nitrogens with zero attached hydrogens (tertiary/aromatic N) is 4. The predicted molar refractivity (Wildman–Crippen MR) is 100 cm³/mol. The first-order valence-corrected chi connectivity index (χ1v) is 8.67. The second kappa shape index (κ2) is 7.07. The highest BCUT2D eigenvalue weighted by Crippen LogP contribution is 2.36. The number of imidazole rings is 1. The van der Waals surface area contributed by atoms with Crippen LogP contribution < -0.4 is 0 Å². The van der Waals surface area contributed by atoms with Crippen LogP contribution in [-0.2, 0) is 11.3 Å². The highest BCUT2D eigenvalue weighted by atomic mass is 16.5. The maximum atomic E-state index is 5.32. The average Bonchev–Trinajstić information content (AvgIpc) is 3.28. The summed E-state index contributed by atoms with van der Waals surface area (Å²) in [7, 11) is 1.75. The molecule has 25 heavy (non-hydrogen) atoms. The van der Waals surface area contributed by atoms with Crippen LogP contribution in [0, 0.1) is 0 Å². The van der Waals surface area contributed by atoms with Gasteiger partial charge in [-0.25, -0.2) is 9.98 Å². The Kier molecular flexibility index (Phi) is 4.48. The van der Waals surface area contributed by atoms with Crippen LogP contribution in [0.2, 0.25) is 0 Å². The van der Waals surface area contributed by atoms with Crippen LogP contribution >= 0.6 is 0 Å². The Morgan fingerprint density at radius 3 is 2.80 bits per heavy atom. The Balaban J connectivity index is 1.56. The van der Waals surface area contributed by atoms with Crippen LogP contribution in [-0.4, -0.2) is 47.1 Å². The molecule has 5 nitrogen and oxygen atoms in total.